The molecular formula is C11H19Br2N3. The predicted molar refractivity (Wildman–Crippen MR) is 74.2 cm³/mol. The van der Waals surface area contributed by atoms with Crippen LogP contribution in [0.15, 0.2) is 6.33 Å². The van der Waals surface area contributed by atoms with Gasteiger partial charge in [-0.05, 0) is 17.8 Å². The molecule has 0 aliphatic heterocycles. The summed E-state index contributed by atoms with van der Waals surface area (Å²) in [6, 6.07) is 0. The molecule has 1 heterocycles. The van der Waals surface area contributed by atoms with E-state index in [9.17, 15) is 0 Å². The largest absolute Gasteiger partial charge is 0.253 e. The van der Waals surface area contributed by atoms with Crippen LogP contribution in [0.4, 0.5) is 0 Å². The van der Waals surface area contributed by atoms with Crippen molar-refractivity contribution < 1.29 is 0 Å². The topological polar surface area (TPSA) is 30.7 Å². The molecule has 92 valence electrons. The molecule has 0 aliphatic rings. The first kappa shape index (κ1) is 14.2. The van der Waals surface area contributed by atoms with Gasteiger partial charge < -0.3 is 0 Å². The molecule has 0 saturated heterocycles. The van der Waals surface area contributed by atoms with Crippen molar-refractivity contribution in [1.29, 1.82) is 0 Å². The number of halogens is 2. The van der Waals surface area contributed by atoms with Crippen LogP contribution in [0.2, 0.25) is 0 Å². The number of hydrogen-bond acceptors (Lipinski definition) is 2. The van der Waals surface area contributed by atoms with Gasteiger partial charge in [-0.2, -0.15) is 5.10 Å². The summed E-state index contributed by atoms with van der Waals surface area (Å²) in [5.41, 5.74) is 0.231. The van der Waals surface area contributed by atoms with Crippen LogP contribution in [-0.4, -0.2) is 25.4 Å². The van der Waals surface area contributed by atoms with E-state index in [1.54, 1.807) is 6.33 Å². The average Bonchev–Trinajstić information content (AvgIpc) is 2.62. The molecule has 3 nitrogen and oxygen atoms in total. The first-order valence-corrected chi connectivity index (χ1v) is 7.72. The molecule has 16 heavy (non-hydrogen) atoms. The van der Waals surface area contributed by atoms with Crippen molar-refractivity contribution in [2.45, 2.75) is 26.7 Å². The summed E-state index contributed by atoms with van der Waals surface area (Å²) in [4.78, 5) is 4.31. The fourth-order valence-electron chi connectivity index (χ4n) is 1.99. The van der Waals surface area contributed by atoms with Gasteiger partial charge in [-0.1, -0.05) is 45.7 Å². The quantitative estimate of drug-likeness (QED) is 0.736. The molecule has 0 saturated carbocycles. The highest BCUT2D eigenvalue weighted by Crippen LogP contribution is 2.34. The van der Waals surface area contributed by atoms with E-state index in [0.29, 0.717) is 5.92 Å². The van der Waals surface area contributed by atoms with Crippen molar-refractivity contribution in [2.24, 2.45) is 18.4 Å². The average molecular weight is 353 g/mol. The van der Waals surface area contributed by atoms with Gasteiger partial charge in [0.15, 0.2) is 0 Å². The lowest BCUT2D eigenvalue weighted by Crippen LogP contribution is -2.30. The summed E-state index contributed by atoms with van der Waals surface area (Å²) in [7, 11) is 1.95. The van der Waals surface area contributed by atoms with Crippen LogP contribution in [0.1, 0.15) is 26.1 Å². The molecule has 0 atom stereocenters. The number of aromatic nitrogens is 3. The standard InChI is InChI=1S/C11H19Br2N3/c1-9(2)4-11(6-12,7-13)5-10-14-8-15-16(10)3/h8-9H,4-7H2,1-3H3. The van der Waals surface area contributed by atoms with Gasteiger partial charge in [-0.15, -0.1) is 0 Å². The van der Waals surface area contributed by atoms with Crippen molar-refractivity contribution in [1.82, 2.24) is 14.8 Å². The van der Waals surface area contributed by atoms with Gasteiger partial charge in [0.05, 0.1) is 0 Å². The molecule has 0 amide bonds. The fourth-order valence-corrected chi connectivity index (χ4v) is 3.78. The first-order valence-electron chi connectivity index (χ1n) is 5.48. The summed E-state index contributed by atoms with van der Waals surface area (Å²) in [5, 5.41) is 6.09. The maximum Gasteiger partial charge on any atom is 0.138 e. The third kappa shape index (κ3) is 3.55. The highest BCUT2D eigenvalue weighted by molar-refractivity contribution is 9.09. The lowest BCUT2D eigenvalue weighted by molar-refractivity contribution is 0.295. The number of alkyl halides is 2. The van der Waals surface area contributed by atoms with E-state index in [1.807, 2.05) is 11.7 Å². The Morgan fingerprint density at radius 1 is 1.38 bits per heavy atom. The molecule has 1 aromatic rings. The van der Waals surface area contributed by atoms with Crippen molar-refractivity contribution in [3.63, 3.8) is 0 Å². The lowest BCUT2D eigenvalue weighted by atomic mass is 9.81. The number of aryl methyl sites for hydroxylation is 1. The molecule has 1 aromatic heterocycles. The molecule has 0 N–H and O–H groups in total. The minimum Gasteiger partial charge on any atom is -0.253 e. The van der Waals surface area contributed by atoms with Crippen LogP contribution in [0.5, 0.6) is 0 Å². The minimum absolute atomic E-state index is 0.231. The van der Waals surface area contributed by atoms with Crippen molar-refractivity contribution in [3.8, 4) is 0 Å². The predicted octanol–water partition coefficient (Wildman–Crippen LogP) is 3.18. The van der Waals surface area contributed by atoms with E-state index in [-0.39, 0.29) is 5.41 Å². The van der Waals surface area contributed by atoms with Gasteiger partial charge in [0.25, 0.3) is 0 Å². The maximum absolute atomic E-state index is 4.31. The van der Waals surface area contributed by atoms with Crippen LogP contribution >= 0.6 is 31.9 Å². The van der Waals surface area contributed by atoms with E-state index in [2.05, 4.69) is 55.8 Å². The van der Waals surface area contributed by atoms with Gasteiger partial charge in [-0.3, -0.25) is 4.68 Å². The molecular weight excluding hydrogens is 334 g/mol. The zero-order valence-electron chi connectivity index (χ0n) is 10.1. The number of rotatable bonds is 6. The van der Waals surface area contributed by atoms with Gasteiger partial charge >= 0.3 is 0 Å². The van der Waals surface area contributed by atoms with Gasteiger partial charge in [0.1, 0.15) is 12.2 Å². The fraction of sp³-hybridized carbons (Fsp3) is 0.818. The van der Waals surface area contributed by atoms with E-state index in [0.717, 1.165) is 22.9 Å². The second-order valence-corrected chi connectivity index (χ2v) is 5.96. The highest BCUT2D eigenvalue weighted by atomic mass is 79.9. The number of hydrogen-bond donors (Lipinski definition) is 0. The molecule has 1 rings (SSSR count). The Morgan fingerprint density at radius 3 is 2.38 bits per heavy atom. The summed E-state index contributed by atoms with van der Waals surface area (Å²) < 4.78 is 1.86. The van der Waals surface area contributed by atoms with Crippen LogP contribution in [0.25, 0.3) is 0 Å². The van der Waals surface area contributed by atoms with Crippen LogP contribution in [0, 0.1) is 11.3 Å². The maximum atomic E-state index is 4.31. The van der Waals surface area contributed by atoms with Gasteiger partial charge in [0.2, 0.25) is 0 Å². The molecule has 5 heteroatoms. The molecule has 0 fully saturated rings. The Bertz CT molecular complexity index is 319. The Labute approximate surface area is 114 Å². The molecule has 0 bridgehead atoms. The van der Waals surface area contributed by atoms with E-state index in [1.165, 1.54) is 6.42 Å². The van der Waals surface area contributed by atoms with Crippen LogP contribution < -0.4 is 0 Å². The normalized spacial score (nSPS) is 12.4. The molecule has 0 aromatic carbocycles. The third-order valence-corrected chi connectivity index (χ3v) is 5.13. The molecule has 0 radical (unpaired) electrons. The highest BCUT2D eigenvalue weighted by Gasteiger charge is 2.30. The van der Waals surface area contributed by atoms with Crippen molar-refractivity contribution in [2.75, 3.05) is 10.7 Å². The Morgan fingerprint density at radius 2 is 2.00 bits per heavy atom. The van der Waals surface area contributed by atoms with Gasteiger partial charge in [-0.25, -0.2) is 4.98 Å². The van der Waals surface area contributed by atoms with Crippen molar-refractivity contribution in [3.05, 3.63) is 12.2 Å². The van der Waals surface area contributed by atoms with Crippen molar-refractivity contribution >= 4 is 31.9 Å². The number of nitrogens with zero attached hydrogens (tertiary/aromatic N) is 3. The van der Waals surface area contributed by atoms with E-state index >= 15 is 0 Å². The summed E-state index contributed by atoms with van der Waals surface area (Å²) >= 11 is 7.29. The second-order valence-electron chi connectivity index (χ2n) is 4.84. The summed E-state index contributed by atoms with van der Waals surface area (Å²) in [5.74, 6) is 1.74. The van der Waals surface area contributed by atoms with E-state index in [4.69, 9.17) is 0 Å². The van der Waals surface area contributed by atoms with E-state index < -0.39 is 0 Å². The second kappa shape index (κ2) is 6.15. The minimum atomic E-state index is 0.231. The zero-order chi connectivity index (χ0) is 12.2. The van der Waals surface area contributed by atoms with Crippen LogP contribution in [-0.2, 0) is 13.5 Å². The lowest BCUT2D eigenvalue weighted by Gasteiger charge is -2.31. The Kier molecular flexibility index (Phi) is 5.44. The van der Waals surface area contributed by atoms with Crippen LogP contribution in [0.3, 0.4) is 0 Å². The zero-order valence-corrected chi connectivity index (χ0v) is 13.3. The Hall–Kier alpha value is 0.1000. The monoisotopic (exact) mass is 351 g/mol. The summed E-state index contributed by atoms with van der Waals surface area (Å²) in [6.45, 7) is 4.52. The first-order chi connectivity index (χ1) is 7.53. The SMILES string of the molecule is CC(C)CC(CBr)(CBr)Cc1ncnn1C. The molecule has 0 aliphatic carbocycles. The third-order valence-electron chi connectivity index (χ3n) is 2.75. The molecule has 0 unspecified atom stereocenters. The smallest absolute Gasteiger partial charge is 0.138 e. The van der Waals surface area contributed by atoms with Gasteiger partial charge in [0, 0.05) is 24.1 Å². The summed E-state index contributed by atoms with van der Waals surface area (Å²) in [6.07, 6.45) is 3.76. The molecule has 0 spiro atoms. The Balaban J connectivity index is 2.82.